The predicted octanol–water partition coefficient (Wildman–Crippen LogP) is 0.401. The van der Waals surface area contributed by atoms with E-state index in [2.05, 4.69) is 0 Å². The monoisotopic (exact) mass is 268 g/mol. The van der Waals surface area contributed by atoms with Crippen LogP contribution in [0.4, 0.5) is 0 Å². The molecule has 7 heteroatoms. The zero-order valence-electron chi connectivity index (χ0n) is 9.88. The lowest BCUT2D eigenvalue weighted by molar-refractivity contribution is -0.125. The molecule has 0 aliphatic rings. The van der Waals surface area contributed by atoms with Crippen LogP contribution in [0, 0.1) is 11.3 Å². The molecule has 1 amide bonds. The van der Waals surface area contributed by atoms with Crippen molar-refractivity contribution in [3.05, 3.63) is 29.8 Å². The van der Waals surface area contributed by atoms with E-state index in [1.165, 1.54) is 19.1 Å². The Morgan fingerprint density at radius 1 is 1.44 bits per heavy atom. The highest BCUT2D eigenvalue weighted by molar-refractivity contribution is 7.89. The maximum atomic E-state index is 11.5. The maximum absolute atomic E-state index is 11.5. The molecule has 0 aliphatic carbocycles. The van der Waals surface area contributed by atoms with Gasteiger partial charge in [-0.2, -0.15) is 5.26 Å². The largest absolute Gasteiger partial charge is 0.479 e. The Bertz CT molecular complexity index is 589. The number of sulfonamides is 1. The molecule has 1 rings (SSSR count). The van der Waals surface area contributed by atoms with E-state index in [1.54, 1.807) is 16.9 Å². The minimum absolute atomic E-state index is 0.233. The Kier molecular flexibility index (Phi) is 4.28. The van der Waals surface area contributed by atoms with E-state index in [4.69, 9.17) is 10.00 Å². The van der Waals surface area contributed by atoms with Crippen molar-refractivity contribution in [2.75, 3.05) is 6.26 Å². The third-order valence-electron chi connectivity index (χ3n) is 1.97. The molecule has 1 aromatic rings. The van der Waals surface area contributed by atoms with Crippen molar-refractivity contribution in [2.24, 2.45) is 0 Å². The minimum atomic E-state index is -3.62. The van der Waals surface area contributed by atoms with Crippen LogP contribution in [-0.4, -0.2) is 26.7 Å². The second-order valence-electron chi connectivity index (χ2n) is 3.61. The topological polar surface area (TPSA) is 96.3 Å². The molecule has 0 fully saturated rings. The Morgan fingerprint density at radius 2 is 2.06 bits per heavy atom. The number of nitrogens with one attached hydrogen (secondary N) is 1. The lowest BCUT2D eigenvalue weighted by Crippen LogP contribution is -2.39. The summed E-state index contributed by atoms with van der Waals surface area (Å²) in [5.41, 5.74) is 0.275. The quantitative estimate of drug-likeness (QED) is 0.852. The summed E-state index contributed by atoms with van der Waals surface area (Å²) in [6, 6.07) is 8.29. The fraction of sp³-hybridized carbons (Fsp3) is 0.273. The molecule has 1 atom stereocenters. The van der Waals surface area contributed by atoms with Gasteiger partial charge in [0.25, 0.3) is 5.91 Å². The molecule has 0 saturated heterocycles. The van der Waals surface area contributed by atoms with Crippen LogP contribution in [0.15, 0.2) is 24.3 Å². The first kappa shape index (κ1) is 14.0. The summed E-state index contributed by atoms with van der Waals surface area (Å²) >= 11 is 0. The third-order valence-corrected chi connectivity index (χ3v) is 2.54. The number of nitriles is 1. The van der Waals surface area contributed by atoms with E-state index < -0.39 is 22.0 Å². The Labute approximate surface area is 105 Å². The summed E-state index contributed by atoms with van der Waals surface area (Å²) in [6.45, 7) is 1.40. The van der Waals surface area contributed by atoms with Gasteiger partial charge in [-0.1, -0.05) is 12.1 Å². The van der Waals surface area contributed by atoms with Gasteiger partial charge in [0.15, 0.2) is 6.10 Å². The molecule has 0 aliphatic heterocycles. The van der Waals surface area contributed by atoms with Crippen LogP contribution in [0.1, 0.15) is 12.5 Å². The number of hydrogen-bond acceptors (Lipinski definition) is 5. The zero-order valence-corrected chi connectivity index (χ0v) is 10.7. The van der Waals surface area contributed by atoms with Crippen LogP contribution >= 0.6 is 0 Å². The second-order valence-corrected chi connectivity index (χ2v) is 5.35. The predicted molar refractivity (Wildman–Crippen MR) is 64.2 cm³/mol. The first-order chi connectivity index (χ1) is 8.33. The van der Waals surface area contributed by atoms with Gasteiger partial charge in [0, 0.05) is 0 Å². The number of nitrogens with zero attached hydrogens (tertiary/aromatic N) is 1. The maximum Gasteiger partial charge on any atom is 0.274 e. The molecular formula is C11H12N2O4S. The van der Waals surface area contributed by atoms with Gasteiger partial charge in [-0.3, -0.25) is 9.52 Å². The minimum Gasteiger partial charge on any atom is -0.479 e. The normalized spacial score (nSPS) is 12.3. The second kappa shape index (κ2) is 5.51. The van der Waals surface area contributed by atoms with Gasteiger partial charge < -0.3 is 4.74 Å². The number of para-hydroxylation sites is 1. The number of carbonyl (C=O) groups excluding carboxylic acids is 1. The van der Waals surface area contributed by atoms with Gasteiger partial charge in [-0.25, -0.2) is 8.42 Å². The Balaban J connectivity index is 2.79. The highest BCUT2D eigenvalue weighted by atomic mass is 32.2. The Hall–Kier alpha value is -2.07. The average molecular weight is 268 g/mol. The summed E-state index contributed by atoms with van der Waals surface area (Å²) in [5, 5.41) is 8.83. The van der Waals surface area contributed by atoms with Gasteiger partial charge in [-0.15, -0.1) is 0 Å². The number of amides is 1. The fourth-order valence-electron chi connectivity index (χ4n) is 1.17. The van der Waals surface area contributed by atoms with Crippen LogP contribution in [-0.2, 0) is 14.8 Å². The van der Waals surface area contributed by atoms with Crippen LogP contribution in [0.25, 0.3) is 0 Å². The van der Waals surface area contributed by atoms with E-state index in [0.717, 1.165) is 6.26 Å². The number of carbonyl (C=O) groups is 1. The molecule has 1 aromatic carbocycles. The summed E-state index contributed by atoms with van der Waals surface area (Å²) < 4.78 is 28.8. The highest BCUT2D eigenvalue weighted by Crippen LogP contribution is 2.18. The van der Waals surface area contributed by atoms with E-state index in [-0.39, 0.29) is 11.3 Å². The SMILES string of the molecule is CC(Oc1ccccc1C#N)C(=O)NS(C)(=O)=O. The number of benzene rings is 1. The van der Waals surface area contributed by atoms with Gasteiger partial charge in [-0.05, 0) is 19.1 Å². The van der Waals surface area contributed by atoms with E-state index in [1.807, 2.05) is 6.07 Å². The summed E-state index contributed by atoms with van der Waals surface area (Å²) in [4.78, 5) is 11.5. The van der Waals surface area contributed by atoms with E-state index in [9.17, 15) is 13.2 Å². The third kappa shape index (κ3) is 4.07. The van der Waals surface area contributed by atoms with Crippen molar-refractivity contribution < 1.29 is 17.9 Å². The van der Waals surface area contributed by atoms with Gasteiger partial charge in [0.05, 0.1) is 11.8 Å². The van der Waals surface area contributed by atoms with Crippen LogP contribution < -0.4 is 9.46 Å². The molecule has 6 nitrogen and oxygen atoms in total. The van der Waals surface area contributed by atoms with Gasteiger partial charge in [0.1, 0.15) is 11.8 Å². The first-order valence-electron chi connectivity index (χ1n) is 5.01. The Morgan fingerprint density at radius 3 is 2.61 bits per heavy atom. The number of rotatable bonds is 4. The molecule has 0 heterocycles. The molecule has 0 bridgehead atoms. The summed E-state index contributed by atoms with van der Waals surface area (Å²) in [6.07, 6.45) is -0.143. The molecule has 18 heavy (non-hydrogen) atoms. The number of ether oxygens (including phenoxy) is 1. The first-order valence-corrected chi connectivity index (χ1v) is 6.90. The van der Waals surface area contributed by atoms with Crippen LogP contribution in [0.5, 0.6) is 5.75 Å². The smallest absolute Gasteiger partial charge is 0.274 e. The van der Waals surface area contributed by atoms with Crippen molar-refractivity contribution in [2.45, 2.75) is 13.0 Å². The summed E-state index contributed by atoms with van der Waals surface area (Å²) in [5.74, 6) is -0.554. The molecule has 1 unspecified atom stereocenters. The molecular weight excluding hydrogens is 256 g/mol. The lowest BCUT2D eigenvalue weighted by atomic mass is 10.2. The van der Waals surface area contributed by atoms with Crippen molar-refractivity contribution in [3.8, 4) is 11.8 Å². The van der Waals surface area contributed by atoms with Crippen LogP contribution in [0.2, 0.25) is 0 Å². The standard InChI is InChI=1S/C11H12N2O4S/c1-8(11(14)13-18(2,15)16)17-10-6-4-3-5-9(10)7-12/h3-6,8H,1-2H3,(H,13,14). The molecule has 0 spiro atoms. The number of hydrogen-bond donors (Lipinski definition) is 1. The van der Waals surface area contributed by atoms with Crippen molar-refractivity contribution in [1.82, 2.24) is 4.72 Å². The molecule has 0 radical (unpaired) electrons. The molecule has 0 saturated carbocycles. The van der Waals surface area contributed by atoms with E-state index in [0.29, 0.717) is 0 Å². The summed E-state index contributed by atoms with van der Waals surface area (Å²) in [7, 11) is -3.62. The van der Waals surface area contributed by atoms with Crippen molar-refractivity contribution in [3.63, 3.8) is 0 Å². The van der Waals surface area contributed by atoms with Crippen LogP contribution in [0.3, 0.4) is 0 Å². The lowest BCUT2D eigenvalue weighted by Gasteiger charge is -2.14. The van der Waals surface area contributed by atoms with Crippen molar-refractivity contribution >= 4 is 15.9 Å². The van der Waals surface area contributed by atoms with Gasteiger partial charge in [0.2, 0.25) is 10.0 Å². The fourth-order valence-corrected chi connectivity index (χ4v) is 1.70. The van der Waals surface area contributed by atoms with Gasteiger partial charge >= 0.3 is 0 Å². The molecule has 96 valence electrons. The van der Waals surface area contributed by atoms with Crippen molar-refractivity contribution in [1.29, 1.82) is 5.26 Å². The van der Waals surface area contributed by atoms with E-state index >= 15 is 0 Å². The molecule has 0 aromatic heterocycles. The zero-order chi connectivity index (χ0) is 13.8. The molecule has 1 N–H and O–H groups in total. The highest BCUT2D eigenvalue weighted by Gasteiger charge is 2.19. The average Bonchev–Trinajstić information content (AvgIpc) is 2.27.